The Kier molecular flexibility index (Phi) is 6.63. The van der Waals surface area contributed by atoms with Crippen molar-refractivity contribution in [3.8, 4) is 11.8 Å². The number of ether oxygens (including phenoxy) is 2. The zero-order valence-electron chi connectivity index (χ0n) is 14.8. The largest absolute Gasteiger partial charge is 0.467 e. The lowest BCUT2D eigenvalue weighted by atomic mass is 10.2. The molecule has 0 amide bonds. The molecule has 1 aromatic carbocycles. The van der Waals surface area contributed by atoms with Gasteiger partial charge in [-0.1, -0.05) is 6.07 Å². The van der Waals surface area contributed by atoms with Crippen LogP contribution < -0.4 is 14.2 Å². The standard InChI is InChI=1S/C15H12F7N3O4S/c1-8-9(16)3-2-4-10(8)25-30(26,27)11-12(28-5-14(17,18)19)23-7-24-13(11)29-6-15(20,21)22/h2-4,7,25H,5-6H2,1H3. The van der Waals surface area contributed by atoms with Crippen molar-refractivity contribution in [2.75, 3.05) is 17.9 Å². The van der Waals surface area contributed by atoms with Gasteiger partial charge in [-0.25, -0.2) is 22.8 Å². The molecule has 0 radical (unpaired) electrons. The van der Waals surface area contributed by atoms with Gasteiger partial charge >= 0.3 is 12.4 Å². The fourth-order valence-corrected chi connectivity index (χ4v) is 3.29. The number of aromatic nitrogens is 2. The van der Waals surface area contributed by atoms with Crippen LogP contribution in [0.3, 0.4) is 0 Å². The van der Waals surface area contributed by atoms with Gasteiger partial charge in [-0.2, -0.15) is 26.3 Å². The number of anilines is 1. The average Bonchev–Trinajstić information content (AvgIpc) is 2.60. The van der Waals surface area contributed by atoms with Crippen LogP contribution in [0.25, 0.3) is 0 Å². The molecule has 7 nitrogen and oxygen atoms in total. The predicted molar refractivity (Wildman–Crippen MR) is 87.1 cm³/mol. The summed E-state index contributed by atoms with van der Waals surface area (Å²) in [5.41, 5.74) is -0.518. The lowest BCUT2D eigenvalue weighted by Crippen LogP contribution is -2.24. The number of rotatable bonds is 7. The van der Waals surface area contributed by atoms with Gasteiger partial charge in [0.1, 0.15) is 12.1 Å². The molecule has 1 N–H and O–H groups in total. The van der Waals surface area contributed by atoms with Crippen LogP contribution in [0.1, 0.15) is 5.56 Å². The van der Waals surface area contributed by atoms with Crippen molar-refractivity contribution in [1.29, 1.82) is 0 Å². The summed E-state index contributed by atoms with van der Waals surface area (Å²) in [7, 11) is -4.98. The van der Waals surface area contributed by atoms with E-state index in [9.17, 15) is 39.2 Å². The van der Waals surface area contributed by atoms with Crippen molar-refractivity contribution in [3.05, 3.63) is 35.9 Å². The number of alkyl halides is 6. The van der Waals surface area contributed by atoms with Gasteiger partial charge in [0.2, 0.25) is 16.7 Å². The maximum atomic E-state index is 13.7. The molecule has 166 valence electrons. The van der Waals surface area contributed by atoms with Crippen LogP contribution in [0.15, 0.2) is 29.4 Å². The Bertz CT molecular complexity index is 974. The summed E-state index contributed by atoms with van der Waals surface area (Å²) in [5, 5.41) is 0. The smallest absolute Gasteiger partial charge is 0.422 e. The summed E-state index contributed by atoms with van der Waals surface area (Å²) in [6.07, 6.45) is -9.36. The zero-order chi connectivity index (χ0) is 22.7. The molecule has 0 fully saturated rings. The van der Waals surface area contributed by atoms with Crippen molar-refractivity contribution >= 4 is 15.7 Å². The van der Waals surface area contributed by atoms with E-state index in [4.69, 9.17) is 0 Å². The quantitative estimate of drug-likeness (QED) is 0.632. The van der Waals surface area contributed by atoms with Crippen molar-refractivity contribution in [2.45, 2.75) is 24.2 Å². The van der Waals surface area contributed by atoms with Crippen LogP contribution in [0, 0.1) is 12.7 Å². The third kappa shape index (κ3) is 6.33. The molecule has 0 bridgehead atoms. The third-order valence-electron chi connectivity index (χ3n) is 3.26. The number of hydrogen-bond donors (Lipinski definition) is 1. The molecule has 1 aromatic heterocycles. The van der Waals surface area contributed by atoms with Crippen LogP contribution in [-0.4, -0.2) is 44.0 Å². The maximum Gasteiger partial charge on any atom is 0.422 e. The minimum atomic E-state index is -4.98. The van der Waals surface area contributed by atoms with Crippen molar-refractivity contribution < 1.29 is 48.6 Å². The summed E-state index contributed by atoms with van der Waals surface area (Å²) >= 11 is 0. The highest BCUT2D eigenvalue weighted by Gasteiger charge is 2.35. The number of sulfonamides is 1. The molecule has 2 rings (SSSR count). The van der Waals surface area contributed by atoms with Gasteiger partial charge in [0.25, 0.3) is 10.0 Å². The molecule has 0 aliphatic carbocycles. The van der Waals surface area contributed by atoms with E-state index >= 15 is 0 Å². The number of nitrogens with zero attached hydrogens (tertiary/aromatic N) is 2. The first-order chi connectivity index (χ1) is 13.7. The molecule has 0 saturated carbocycles. The van der Waals surface area contributed by atoms with E-state index in [1.165, 1.54) is 6.92 Å². The molecular weight excluding hydrogens is 451 g/mol. The summed E-state index contributed by atoms with van der Waals surface area (Å²) in [6.45, 7) is -2.80. The van der Waals surface area contributed by atoms with Gasteiger partial charge in [0, 0.05) is 5.56 Å². The fourth-order valence-electron chi connectivity index (χ4n) is 1.99. The van der Waals surface area contributed by atoms with Gasteiger partial charge in [0.05, 0.1) is 5.69 Å². The SMILES string of the molecule is Cc1c(F)cccc1NS(=O)(=O)c1c(OCC(F)(F)F)ncnc1OCC(F)(F)F. The molecule has 0 aliphatic heterocycles. The predicted octanol–water partition coefficient (Wildman–Crippen LogP) is 3.61. The lowest BCUT2D eigenvalue weighted by Gasteiger charge is -2.17. The van der Waals surface area contributed by atoms with E-state index in [0.29, 0.717) is 6.33 Å². The Morgan fingerprint density at radius 3 is 1.93 bits per heavy atom. The van der Waals surface area contributed by atoms with E-state index in [1.807, 2.05) is 4.72 Å². The van der Waals surface area contributed by atoms with E-state index in [0.717, 1.165) is 18.2 Å². The number of hydrogen-bond acceptors (Lipinski definition) is 6. The fraction of sp³-hybridized carbons (Fsp3) is 0.333. The Hall–Kier alpha value is -2.84. The Morgan fingerprint density at radius 1 is 0.967 bits per heavy atom. The summed E-state index contributed by atoms with van der Waals surface area (Å²) in [4.78, 5) is 5.18. The van der Waals surface area contributed by atoms with E-state index in [2.05, 4.69) is 19.4 Å². The topological polar surface area (TPSA) is 90.4 Å². The van der Waals surface area contributed by atoms with Crippen LogP contribution >= 0.6 is 0 Å². The first-order valence-corrected chi connectivity index (χ1v) is 9.20. The van der Waals surface area contributed by atoms with Crippen molar-refractivity contribution in [3.63, 3.8) is 0 Å². The highest BCUT2D eigenvalue weighted by Crippen LogP contribution is 2.33. The van der Waals surface area contributed by atoms with E-state index in [1.54, 1.807) is 0 Å². The Labute approximate surface area is 164 Å². The molecule has 15 heteroatoms. The van der Waals surface area contributed by atoms with E-state index < -0.39 is 58.1 Å². The van der Waals surface area contributed by atoms with Gasteiger partial charge in [-0.15, -0.1) is 0 Å². The first kappa shape index (κ1) is 23.4. The molecule has 0 aliphatic rings. The Balaban J connectivity index is 2.52. The lowest BCUT2D eigenvalue weighted by molar-refractivity contribution is -0.155. The summed E-state index contributed by atoms with van der Waals surface area (Å²) < 4.78 is 124. The van der Waals surface area contributed by atoms with Crippen LogP contribution in [-0.2, 0) is 10.0 Å². The maximum absolute atomic E-state index is 13.7. The molecule has 2 aromatic rings. The number of nitrogens with one attached hydrogen (secondary N) is 1. The van der Waals surface area contributed by atoms with Crippen molar-refractivity contribution in [1.82, 2.24) is 9.97 Å². The average molecular weight is 463 g/mol. The highest BCUT2D eigenvalue weighted by atomic mass is 32.2. The molecular formula is C15H12F7N3O4S. The highest BCUT2D eigenvalue weighted by molar-refractivity contribution is 7.93. The summed E-state index contributed by atoms with van der Waals surface area (Å²) in [5.74, 6) is -3.23. The second kappa shape index (κ2) is 8.49. The van der Waals surface area contributed by atoms with Gasteiger partial charge < -0.3 is 9.47 Å². The molecule has 0 spiro atoms. The third-order valence-corrected chi connectivity index (χ3v) is 4.64. The zero-order valence-corrected chi connectivity index (χ0v) is 15.6. The van der Waals surface area contributed by atoms with Gasteiger partial charge in [-0.05, 0) is 19.1 Å². The molecule has 0 atom stereocenters. The summed E-state index contributed by atoms with van der Waals surface area (Å²) in [6, 6.07) is 3.25. The Morgan fingerprint density at radius 2 is 1.47 bits per heavy atom. The number of benzene rings is 1. The van der Waals surface area contributed by atoms with Crippen LogP contribution in [0.5, 0.6) is 11.8 Å². The molecule has 0 saturated heterocycles. The van der Waals surface area contributed by atoms with Crippen LogP contribution in [0.2, 0.25) is 0 Å². The van der Waals surface area contributed by atoms with Crippen molar-refractivity contribution in [2.24, 2.45) is 0 Å². The second-order valence-corrected chi connectivity index (χ2v) is 7.26. The second-order valence-electron chi connectivity index (χ2n) is 5.64. The first-order valence-electron chi connectivity index (χ1n) is 7.71. The molecule has 30 heavy (non-hydrogen) atoms. The molecule has 0 unspecified atom stereocenters. The van der Waals surface area contributed by atoms with Crippen LogP contribution in [0.4, 0.5) is 36.4 Å². The normalized spacial score (nSPS) is 12.5. The number of halogens is 7. The minimum absolute atomic E-state index is 0.187. The molecule has 1 heterocycles. The monoisotopic (exact) mass is 463 g/mol. The minimum Gasteiger partial charge on any atom is -0.467 e. The van der Waals surface area contributed by atoms with Gasteiger partial charge in [0.15, 0.2) is 13.2 Å². The van der Waals surface area contributed by atoms with E-state index in [-0.39, 0.29) is 11.3 Å². The van der Waals surface area contributed by atoms with Gasteiger partial charge in [-0.3, -0.25) is 4.72 Å².